The van der Waals surface area contributed by atoms with Crippen LogP contribution < -0.4 is 10.9 Å². The van der Waals surface area contributed by atoms with Crippen LogP contribution in [0.25, 0.3) is 11.0 Å². The number of carbonyl (C=O) groups excluding carboxylic acids is 1. The van der Waals surface area contributed by atoms with Gasteiger partial charge in [-0.1, -0.05) is 23.7 Å². The highest BCUT2D eigenvalue weighted by Crippen LogP contribution is 2.17. The lowest BCUT2D eigenvalue weighted by Gasteiger charge is -2.08. The Labute approximate surface area is 149 Å². The van der Waals surface area contributed by atoms with Crippen molar-refractivity contribution >= 4 is 28.5 Å². The molecule has 6 nitrogen and oxygen atoms in total. The van der Waals surface area contributed by atoms with Crippen molar-refractivity contribution in [3.8, 4) is 0 Å². The van der Waals surface area contributed by atoms with E-state index in [0.29, 0.717) is 35.3 Å². The zero-order valence-electron chi connectivity index (χ0n) is 14.3. The standard InChI is InChI=1S/C18H19ClN4O2/c1-10-8-12(4-5-14(10)19)6-7-20-17(24)13-9-11(2)21-16-15(13)18(25)22-23(16)3/h4-5,8-9H,6-7H2,1-3H3,(H,20,24)(H,22,25). The molecule has 0 unspecified atom stereocenters. The van der Waals surface area contributed by atoms with Gasteiger partial charge in [0, 0.05) is 24.3 Å². The van der Waals surface area contributed by atoms with E-state index in [-0.39, 0.29) is 11.5 Å². The van der Waals surface area contributed by atoms with Crippen LogP contribution in [0.4, 0.5) is 0 Å². The molecule has 7 heteroatoms. The molecular formula is C18H19ClN4O2. The first-order chi connectivity index (χ1) is 11.9. The normalized spacial score (nSPS) is 11.0. The molecule has 0 aliphatic carbocycles. The fourth-order valence-electron chi connectivity index (χ4n) is 2.84. The summed E-state index contributed by atoms with van der Waals surface area (Å²) in [4.78, 5) is 29.0. The Balaban J connectivity index is 1.78. The van der Waals surface area contributed by atoms with E-state index in [1.807, 2.05) is 25.1 Å². The summed E-state index contributed by atoms with van der Waals surface area (Å²) < 4.78 is 1.53. The molecule has 0 aliphatic heterocycles. The maximum atomic E-state index is 12.6. The highest BCUT2D eigenvalue weighted by Gasteiger charge is 2.17. The minimum absolute atomic E-state index is 0.280. The minimum Gasteiger partial charge on any atom is -0.352 e. The Morgan fingerprint density at radius 1 is 1.32 bits per heavy atom. The summed E-state index contributed by atoms with van der Waals surface area (Å²) in [6, 6.07) is 7.44. The van der Waals surface area contributed by atoms with Crippen LogP contribution in [0.3, 0.4) is 0 Å². The molecule has 1 aromatic carbocycles. The number of fused-ring (bicyclic) bond motifs is 1. The number of halogens is 1. The van der Waals surface area contributed by atoms with Crippen LogP contribution in [-0.4, -0.2) is 27.2 Å². The first-order valence-corrected chi connectivity index (χ1v) is 8.34. The summed E-state index contributed by atoms with van der Waals surface area (Å²) in [5, 5.41) is 6.55. The quantitative estimate of drug-likeness (QED) is 0.752. The highest BCUT2D eigenvalue weighted by molar-refractivity contribution is 6.31. The molecule has 2 heterocycles. The zero-order valence-corrected chi connectivity index (χ0v) is 15.1. The van der Waals surface area contributed by atoms with Gasteiger partial charge in [0.2, 0.25) is 0 Å². The average molecular weight is 359 g/mol. The van der Waals surface area contributed by atoms with Gasteiger partial charge in [-0.2, -0.15) is 0 Å². The van der Waals surface area contributed by atoms with Gasteiger partial charge in [-0.05, 0) is 43.5 Å². The Kier molecular flexibility index (Phi) is 4.63. The molecule has 25 heavy (non-hydrogen) atoms. The Bertz CT molecular complexity index is 1020. The Morgan fingerprint density at radius 3 is 2.80 bits per heavy atom. The maximum Gasteiger partial charge on any atom is 0.274 e. The van der Waals surface area contributed by atoms with Gasteiger partial charge in [-0.15, -0.1) is 0 Å². The lowest BCUT2D eigenvalue weighted by atomic mass is 10.1. The monoisotopic (exact) mass is 358 g/mol. The molecule has 130 valence electrons. The first-order valence-electron chi connectivity index (χ1n) is 7.96. The van der Waals surface area contributed by atoms with E-state index in [1.54, 1.807) is 20.0 Å². The predicted octanol–water partition coefficient (Wildman–Crippen LogP) is 2.50. The number of aromatic nitrogens is 3. The molecule has 0 aliphatic rings. The fraction of sp³-hybridized carbons (Fsp3) is 0.278. The summed E-state index contributed by atoms with van der Waals surface area (Å²) >= 11 is 6.02. The molecule has 1 amide bonds. The number of aromatic amines is 1. The van der Waals surface area contributed by atoms with Crippen molar-refractivity contribution in [1.82, 2.24) is 20.1 Å². The second kappa shape index (κ2) is 6.72. The average Bonchev–Trinajstić information content (AvgIpc) is 2.84. The number of hydrogen-bond acceptors (Lipinski definition) is 3. The van der Waals surface area contributed by atoms with Gasteiger partial charge in [0.05, 0.1) is 10.9 Å². The molecule has 0 fully saturated rings. The van der Waals surface area contributed by atoms with Crippen LogP contribution in [-0.2, 0) is 13.5 Å². The van der Waals surface area contributed by atoms with Crippen molar-refractivity contribution in [3.63, 3.8) is 0 Å². The van der Waals surface area contributed by atoms with Crippen LogP contribution in [0.15, 0.2) is 29.1 Å². The second-order valence-electron chi connectivity index (χ2n) is 6.10. The smallest absolute Gasteiger partial charge is 0.274 e. The van der Waals surface area contributed by atoms with Crippen molar-refractivity contribution < 1.29 is 4.79 Å². The van der Waals surface area contributed by atoms with Crippen molar-refractivity contribution in [2.45, 2.75) is 20.3 Å². The van der Waals surface area contributed by atoms with Gasteiger partial charge in [-0.3, -0.25) is 19.4 Å². The fourth-order valence-corrected chi connectivity index (χ4v) is 2.96. The first kappa shape index (κ1) is 17.2. The number of nitrogens with one attached hydrogen (secondary N) is 2. The van der Waals surface area contributed by atoms with E-state index in [2.05, 4.69) is 15.4 Å². The molecule has 2 N–H and O–H groups in total. The zero-order chi connectivity index (χ0) is 18.1. The van der Waals surface area contributed by atoms with E-state index >= 15 is 0 Å². The number of H-pyrrole nitrogens is 1. The summed E-state index contributed by atoms with van der Waals surface area (Å²) in [5.74, 6) is -0.280. The molecular weight excluding hydrogens is 340 g/mol. The molecule has 3 rings (SSSR count). The molecule has 0 spiro atoms. The third kappa shape index (κ3) is 3.44. The number of pyridine rings is 1. The number of hydrogen-bond donors (Lipinski definition) is 2. The molecule has 2 aromatic heterocycles. The second-order valence-corrected chi connectivity index (χ2v) is 6.51. The Hall–Kier alpha value is -2.60. The van der Waals surface area contributed by atoms with E-state index in [4.69, 9.17) is 11.6 Å². The molecule has 0 saturated carbocycles. The minimum atomic E-state index is -0.316. The maximum absolute atomic E-state index is 12.6. The molecule has 0 saturated heterocycles. The molecule has 0 bridgehead atoms. The topological polar surface area (TPSA) is 79.8 Å². The van der Waals surface area contributed by atoms with Crippen LogP contribution in [0.5, 0.6) is 0 Å². The van der Waals surface area contributed by atoms with Crippen LogP contribution in [0.2, 0.25) is 5.02 Å². The van der Waals surface area contributed by atoms with E-state index < -0.39 is 0 Å². The van der Waals surface area contributed by atoms with E-state index in [0.717, 1.165) is 16.1 Å². The molecule has 0 radical (unpaired) electrons. The summed E-state index contributed by atoms with van der Waals surface area (Å²) in [7, 11) is 1.70. The summed E-state index contributed by atoms with van der Waals surface area (Å²) in [6.45, 7) is 4.21. The van der Waals surface area contributed by atoms with Gasteiger partial charge < -0.3 is 5.32 Å². The largest absolute Gasteiger partial charge is 0.352 e. The number of amides is 1. The van der Waals surface area contributed by atoms with Crippen molar-refractivity contribution in [2.75, 3.05) is 6.54 Å². The van der Waals surface area contributed by atoms with Crippen LogP contribution in [0.1, 0.15) is 27.2 Å². The SMILES string of the molecule is Cc1cc(C(=O)NCCc2ccc(Cl)c(C)c2)c2c(=O)[nH]n(C)c2n1. The summed E-state index contributed by atoms with van der Waals surface area (Å²) in [6.07, 6.45) is 0.683. The predicted molar refractivity (Wildman–Crippen MR) is 98.3 cm³/mol. The van der Waals surface area contributed by atoms with Crippen molar-refractivity contribution in [2.24, 2.45) is 7.05 Å². The number of benzene rings is 1. The van der Waals surface area contributed by atoms with Crippen LogP contribution >= 0.6 is 11.6 Å². The van der Waals surface area contributed by atoms with E-state index in [9.17, 15) is 9.59 Å². The number of rotatable bonds is 4. The molecule has 3 aromatic rings. The van der Waals surface area contributed by atoms with Gasteiger partial charge in [0.25, 0.3) is 11.5 Å². The lowest BCUT2D eigenvalue weighted by molar-refractivity contribution is 0.0955. The van der Waals surface area contributed by atoms with E-state index in [1.165, 1.54) is 4.68 Å². The van der Waals surface area contributed by atoms with Gasteiger partial charge in [0.1, 0.15) is 0 Å². The van der Waals surface area contributed by atoms with Crippen LogP contribution in [0, 0.1) is 13.8 Å². The number of nitrogens with zero attached hydrogens (tertiary/aromatic N) is 2. The van der Waals surface area contributed by atoms with Gasteiger partial charge in [-0.25, -0.2) is 4.98 Å². The highest BCUT2D eigenvalue weighted by atomic mass is 35.5. The van der Waals surface area contributed by atoms with Gasteiger partial charge in [0.15, 0.2) is 5.65 Å². The lowest BCUT2D eigenvalue weighted by Crippen LogP contribution is -2.27. The van der Waals surface area contributed by atoms with Gasteiger partial charge >= 0.3 is 0 Å². The van der Waals surface area contributed by atoms with Crippen molar-refractivity contribution in [1.29, 1.82) is 0 Å². The third-order valence-electron chi connectivity index (χ3n) is 4.11. The Morgan fingerprint density at radius 2 is 2.08 bits per heavy atom. The number of aryl methyl sites for hydroxylation is 3. The molecule has 0 atom stereocenters. The summed E-state index contributed by atoms with van der Waals surface area (Å²) in [5.41, 5.74) is 3.28. The van der Waals surface area contributed by atoms with Crippen molar-refractivity contribution in [3.05, 3.63) is 62.0 Å². The third-order valence-corrected chi connectivity index (χ3v) is 4.53. The number of carbonyl (C=O) groups is 1.